The van der Waals surface area contributed by atoms with Gasteiger partial charge in [-0.05, 0) is 23.3 Å². The molecule has 5 aromatic rings. The van der Waals surface area contributed by atoms with Crippen LogP contribution in [0.2, 0.25) is 0 Å². The fraction of sp³-hybridized carbons (Fsp3) is 0.194. The quantitative estimate of drug-likeness (QED) is 0.268. The Morgan fingerprint density at radius 3 is 2.23 bits per heavy atom. The molecule has 0 spiro atoms. The van der Waals surface area contributed by atoms with Gasteiger partial charge in [-0.25, -0.2) is 9.78 Å². The molecule has 0 atom stereocenters. The Morgan fingerprint density at radius 2 is 1.56 bits per heavy atom. The molecule has 3 aromatic carbocycles. The number of benzene rings is 3. The van der Waals surface area contributed by atoms with Crippen molar-refractivity contribution in [3.05, 3.63) is 107 Å². The third-order valence-electron chi connectivity index (χ3n) is 6.71. The Bertz CT molecular complexity index is 1630. The van der Waals surface area contributed by atoms with E-state index in [0.29, 0.717) is 35.4 Å². The molecular formula is C31H29N3O5. The molecule has 39 heavy (non-hydrogen) atoms. The number of ether oxygens (including phenoxy) is 2. The molecule has 8 heteroatoms. The van der Waals surface area contributed by atoms with E-state index < -0.39 is 5.97 Å². The van der Waals surface area contributed by atoms with E-state index in [2.05, 4.69) is 4.98 Å². The average Bonchev–Trinajstić information content (AvgIpc) is 3.27. The highest BCUT2D eigenvalue weighted by Crippen LogP contribution is 2.39. The summed E-state index contributed by atoms with van der Waals surface area (Å²) in [5.41, 5.74) is 3.77. The van der Waals surface area contributed by atoms with Crippen LogP contribution in [0.5, 0.6) is 5.75 Å². The van der Waals surface area contributed by atoms with E-state index in [1.807, 2.05) is 83.4 Å². The number of hydrogen-bond donors (Lipinski definition) is 1. The second kappa shape index (κ2) is 11.4. The van der Waals surface area contributed by atoms with Gasteiger partial charge in [-0.2, -0.15) is 0 Å². The molecule has 0 aliphatic heterocycles. The fourth-order valence-electron chi connectivity index (χ4n) is 4.85. The van der Waals surface area contributed by atoms with Gasteiger partial charge in [-0.15, -0.1) is 0 Å². The Morgan fingerprint density at radius 1 is 0.872 bits per heavy atom. The molecule has 198 valence electrons. The van der Waals surface area contributed by atoms with Crippen LogP contribution < -0.4 is 4.74 Å². The first-order chi connectivity index (χ1) is 19.0. The Kier molecular flexibility index (Phi) is 7.56. The summed E-state index contributed by atoms with van der Waals surface area (Å²) in [6.45, 7) is 0.895. The van der Waals surface area contributed by atoms with Crippen LogP contribution in [0.25, 0.3) is 21.8 Å². The van der Waals surface area contributed by atoms with Gasteiger partial charge in [0.1, 0.15) is 18.9 Å². The van der Waals surface area contributed by atoms with Gasteiger partial charge < -0.3 is 24.0 Å². The molecule has 5 rings (SSSR count). The van der Waals surface area contributed by atoms with E-state index >= 15 is 0 Å². The molecule has 0 aliphatic carbocycles. The maximum Gasteiger partial charge on any atom is 0.354 e. The molecule has 2 aromatic heterocycles. The Labute approximate surface area is 226 Å². The number of nitrogens with zero attached hydrogens (tertiary/aromatic N) is 3. The highest BCUT2D eigenvalue weighted by atomic mass is 16.5. The van der Waals surface area contributed by atoms with Crippen molar-refractivity contribution in [3.8, 4) is 5.75 Å². The van der Waals surface area contributed by atoms with Gasteiger partial charge in [0.25, 0.3) is 0 Å². The van der Waals surface area contributed by atoms with E-state index in [1.54, 1.807) is 11.9 Å². The van der Waals surface area contributed by atoms with Crippen molar-refractivity contribution in [2.75, 3.05) is 14.2 Å². The van der Waals surface area contributed by atoms with Gasteiger partial charge >= 0.3 is 5.97 Å². The molecule has 0 bridgehead atoms. The van der Waals surface area contributed by atoms with Crippen molar-refractivity contribution in [1.29, 1.82) is 0 Å². The minimum atomic E-state index is -1.15. The van der Waals surface area contributed by atoms with Crippen LogP contribution in [0.3, 0.4) is 0 Å². The summed E-state index contributed by atoms with van der Waals surface area (Å²) in [5, 5.41) is 11.3. The maximum absolute atomic E-state index is 13.4. The Balaban J connectivity index is 1.63. The van der Waals surface area contributed by atoms with E-state index in [1.165, 1.54) is 13.3 Å². The number of pyridine rings is 1. The molecule has 1 N–H and O–H groups in total. The van der Waals surface area contributed by atoms with E-state index in [0.717, 1.165) is 22.0 Å². The summed E-state index contributed by atoms with van der Waals surface area (Å²) in [6.07, 6.45) is 1.52. The first kappa shape index (κ1) is 25.9. The number of amides is 1. The summed E-state index contributed by atoms with van der Waals surface area (Å²) in [4.78, 5) is 31.5. The van der Waals surface area contributed by atoms with Crippen LogP contribution in [0, 0.1) is 0 Å². The molecule has 2 heterocycles. The smallest absolute Gasteiger partial charge is 0.354 e. The zero-order chi connectivity index (χ0) is 27.4. The highest BCUT2D eigenvalue weighted by Gasteiger charge is 2.24. The monoisotopic (exact) mass is 523 g/mol. The van der Waals surface area contributed by atoms with Crippen molar-refractivity contribution in [2.24, 2.45) is 0 Å². The number of carboxylic acid groups (broad SMARTS) is 1. The summed E-state index contributed by atoms with van der Waals surface area (Å²) in [5.74, 6) is -0.653. The van der Waals surface area contributed by atoms with Gasteiger partial charge in [0.2, 0.25) is 5.91 Å². The standard InChI is InChI=1S/C31H29N3O5/c1-33(17-21-10-5-3-6-11-21)27(35)18-34-24-14-9-15-26(39-19-22-12-7-4-8-13-22)29(24)28-23(20-38-2)30(31(36)37)32-16-25(28)34/h3-16H,17-20H2,1-2H3,(H,36,37). The normalized spacial score (nSPS) is 11.1. The molecule has 0 unspecified atom stereocenters. The van der Waals surface area contributed by atoms with E-state index in [9.17, 15) is 14.7 Å². The number of rotatable bonds is 10. The van der Waals surface area contributed by atoms with E-state index in [4.69, 9.17) is 9.47 Å². The minimum Gasteiger partial charge on any atom is -0.488 e. The number of hydrogen-bond acceptors (Lipinski definition) is 5. The molecule has 0 saturated carbocycles. The Hall–Kier alpha value is -4.69. The van der Waals surface area contributed by atoms with Gasteiger partial charge in [-0.3, -0.25) is 4.79 Å². The highest BCUT2D eigenvalue weighted by molar-refractivity contribution is 6.14. The van der Waals surface area contributed by atoms with Crippen LogP contribution in [0.1, 0.15) is 27.2 Å². The second-order valence-corrected chi connectivity index (χ2v) is 9.33. The predicted octanol–water partition coefficient (Wildman–Crippen LogP) is 5.27. The number of methoxy groups -OCH3 is 1. The molecule has 0 radical (unpaired) electrons. The van der Waals surface area contributed by atoms with Crippen molar-refractivity contribution in [1.82, 2.24) is 14.5 Å². The largest absolute Gasteiger partial charge is 0.488 e. The summed E-state index contributed by atoms with van der Waals surface area (Å²) in [6, 6.07) is 25.2. The molecular weight excluding hydrogens is 494 g/mol. The van der Waals surface area contributed by atoms with Gasteiger partial charge in [0, 0.05) is 31.7 Å². The van der Waals surface area contributed by atoms with Crippen molar-refractivity contribution in [3.63, 3.8) is 0 Å². The maximum atomic E-state index is 13.4. The fourth-order valence-corrected chi connectivity index (χ4v) is 4.85. The van der Waals surface area contributed by atoms with Crippen LogP contribution in [-0.2, 0) is 35.8 Å². The predicted molar refractivity (Wildman–Crippen MR) is 149 cm³/mol. The number of aromatic carboxylic acids is 1. The van der Waals surface area contributed by atoms with Crippen molar-refractivity contribution < 1.29 is 24.2 Å². The summed E-state index contributed by atoms with van der Waals surface area (Å²) in [7, 11) is 3.29. The third-order valence-corrected chi connectivity index (χ3v) is 6.71. The van der Waals surface area contributed by atoms with Gasteiger partial charge in [0.15, 0.2) is 5.69 Å². The van der Waals surface area contributed by atoms with E-state index in [-0.39, 0.29) is 24.8 Å². The van der Waals surface area contributed by atoms with Crippen molar-refractivity contribution >= 4 is 33.7 Å². The molecule has 0 saturated heterocycles. The molecule has 1 amide bonds. The lowest BCUT2D eigenvalue weighted by atomic mass is 10.1. The lowest BCUT2D eigenvalue weighted by molar-refractivity contribution is -0.130. The molecule has 0 fully saturated rings. The first-order valence-corrected chi connectivity index (χ1v) is 12.6. The number of carbonyl (C=O) groups is 2. The number of likely N-dealkylation sites (N-methyl/N-ethyl adjacent to an activating group) is 1. The molecule has 0 aliphatic rings. The third kappa shape index (κ3) is 5.32. The van der Waals surface area contributed by atoms with Crippen LogP contribution >= 0.6 is 0 Å². The van der Waals surface area contributed by atoms with Gasteiger partial charge in [0.05, 0.1) is 29.2 Å². The van der Waals surface area contributed by atoms with Crippen molar-refractivity contribution in [2.45, 2.75) is 26.3 Å². The number of carboxylic acids is 1. The molecule has 8 nitrogen and oxygen atoms in total. The minimum absolute atomic E-state index is 0.0416. The zero-order valence-electron chi connectivity index (χ0n) is 21.8. The summed E-state index contributed by atoms with van der Waals surface area (Å²) < 4.78 is 13.6. The average molecular weight is 524 g/mol. The second-order valence-electron chi connectivity index (χ2n) is 9.33. The number of aromatic nitrogens is 2. The van der Waals surface area contributed by atoms with Gasteiger partial charge in [-0.1, -0.05) is 66.7 Å². The first-order valence-electron chi connectivity index (χ1n) is 12.6. The van der Waals surface area contributed by atoms with Crippen LogP contribution in [0.4, 0.5) is 0 Å². The summed E-state index contributed by atoms with van der Waals surface area (Å²) >= 11 is 0. The number of carbonyl (C=O) groups excluding carboxylic acids is 1. The van der Waals surface area contributed by atoms with Crippen LogP contribution in [0.15, 0.2) is 85.1 Å². The lowest BCUT2D eigenvalue weighted by Gasteiger charge is -2.18. The lowest BCUT2D eigenvalue weighted by Crippen LogP contribution is -2.29. The number of fused-ring (bicyclic) bond motifs is 3. The zero-order valence-corrected chi connectivity index (χ0v) is 21.8. The van der Waals surface area contributed by atoms with Crippen LogP contribution in [-0.4, -0.2) is 45.6 Å². The SMILES string of the molecule is COCc1c(C(=O)O)ncc2c1c1c(OCc3ccccc3)cccc1n2CC(=O)N(C)Cc1ccccc1. The topological polar surface area (TPSA) is 93.9 Å².